The topological polar surface area (TPSA) is 66.8 Å². The Morgan fingerprint density at radius 3 is 2.29 bits per heavy atom. The van der Waals surface area contributed by atoms with E-state index in [4.69, 9.17) is 14.2 Å². The van der Waals surface area contributed by atoms with Crippen molar-refractivity contribution in [3.8, 4) is 5.75 Å². The molecule has 0 bridgehead atoms. The van der Waals surface area contributed by atoms with Gasteiger partial charge in [0.25, 0.3) is 0 Å². The van der Waals surface area contributed by atoms with Gasteiger partial charge in [0.2, 0.25) is 0 Å². The number of esters is 2. The number of carbonyl (C=O) groups is 2. The standard InChI is InChI=1S/C19H22F3NO5/c1-6-26-17(25)15-9-12-13(19(20,21)22)7-11(8-14(12)23(15)5)27-10-16(24)28-18(2,3)4/h7-9H,6,10H2,1-5H3. The Morgan fingerprint density at radius 2 is 1.75 bits per heavy atom. The first-order valence-corrected chi connectivity index (χ1v) is 8.56. The number of hydrogen-bond acceptors (Lipinski definition) is 5. The summed E-state index contributed by atoms with van der Waals surface area (Å²) < 4.78 is 57.1. The zero-order valence-corrected chi connectivity index (χ0v) is 16.3. The second kappa shape index (κ2) is 7.73. The third-order valence-electron chi connectivity index (χ3n) is 3.70. The average Bonchev–Trinajstić information content (AvgIpc) is 2.87. The molecule has 0 saturated heterocycles. The van der Waals surface area contributed by atoms with E-state index in [1.807, 2.05) is 0 Å². The lowest BCUT2D eigenvalue weighted by Gasteiger charge is -2.19. The Morgan fingerprint density at radius 1 is 1.11 bits per heavy atom. The quantitative estimate of drug-likeness (QED) is 0.706. The SMILES string of the molecule is CCOC(=O)c1cc2c(C(F)(F)F)cc(OCC(=O)OC(C)(C)C)cc2n1C. The van der Waals surface area contributed by atoms with Crippen LogP contribution in [0.2, 0.25) is 0 Å². The predicted molar refractivity (Wildman–Crippen MR) is 95.2 cm³/mol. The highest BCUT2D eigenvalue weighted by atomic mass is 19.4. The molecular formula is C19H22F3NO5. The van der Waals surface area contributed by atoms with E-state index in [0.29, 0.717) is 0 Å². The molecule has 0 spiro atoms. The Bertz CT molecular complexity index is 894. The molecule has 0 atom stereocenters. The van der Waals surface area contributed by atoms with E-state index < -0.39 is 35.9 Å². The summed E-state index contributed by atoms with van der Waals surface area (Å²) in [5.41, 5.74) is -1.62. The molecule has 0 aliphatic rings. The Kier molecular flexibility index (Phi) is 5.96. The molecule has 1 aromatic heterocycles. The fraction of sp³-hybridized carbons (Fsp3) is 0.474. The summed E-state index contributed by atoms with van der Waals surface area (Å²) in [6.45, 7) is 6.15. The van der Waals surface area contributed by atoms with Gasteiger partial charge in [-0.2, -0.15) is 13.2 Å². The first-order valence-electron chi connectivity index (χ1n) is 8.56. The Labute approximate surface area is 160 Å². The van der Waals surface area contributed by atoms with Crippen molar-refractivity contribution in [1.29, 1.82) is 0 Å². The van der Waals surface area contributed by atoms with Gasteiger partial charge in [0.1, 0.15) is 17.0 Å². The summed E-state index contributed by atoms with van der Waals surface area (Å²) in [6, 6.07) is 3.26. The largest absolute Gasteiger partial charge is 0.482 e. The lowest BCUT2D eigenvalue weighted by molar-refractivity contribution is -0.157. The highest BCUT2D eigenvalue weighted by Crippen LogP contribution is 2.39. The van der Waals surface area contributed by atoms with Crippen LogP contribution in [0, 0.1) is 0 Å². The van der Waals surface area contributed by atoms with Crippen LogP contribution in [0.25, 0.3) is 10.9 Å². The van der Waals surface area contributed by atoms with Crippen LogP contribution in [0.4, 0.5) is 13.2 Å². The monoisotopic (exact) mass is 401 g/mol. The first-order chi connectivity index (χ1) is 12.8. The number of alkyl halides is 3. The molecule has 2 rings (SSSR count). The summed E-state index contributed by atoms with van der Waals surface area (Å²) in [4.78, 5) is 23.8. The maximum Gasteiger partial charge on any atom is 0.417 e. The second-order valence-corrected chi connectivity index (χ2v) is 7.09. The Balaban J connectivity index is 2.44. The van der Waals surface area contributed by atoms with Crippen LogP contribution in [0.15, 0.2) is 18.2 Å². The van der Waals surface area contributed by atoms with Gasteiger partial charge < -0.3 is 18.8 Å². The van der Waals surface area contributed by atoms with Crippen molar-refractivity contribution in [2.75, 3.05) is 13.2 Å². The van der Waals surface area contributed by atoms with Crippen LogP contribution in [0.3, 0.4) is 0 Å². The number of halogens is 3. The van der Waals surface area contributed by atoms with Crippen molar-refractivity contribution in [1.82, 2.24) is 4.57 Å². The van der Waals surface area contributed by atoms with E-state index in [-0.39, 0.29) is 29.0 Å². The van der Waals surface area contributed by atoms with Crippen LogP contribution in [0.5, 0.6) is 5.75 Å². The summed E-state index contributed by atoms with van der Waals surface area (Å²) in [5, 5.41) is -0.164. The van der Waals surface area contributed by atoms with Gasteiger partial charge in [0, 0.05) is 18.5 Å². The molecule has 6 nitrogen and oxygen atoms in total. The van der Waals surface area contributed by atoms with Gasteiger partial charge in [-0.1, -0.05) is 0 Å². The van der Waals surface area contributed by atoms with Crippen molar-refractivity contribution >= 4 is 22.8 Å². The number of aromatic nitrogens is 1. The van der Waals surface area contributed by atoms with Gasteiger partial charge in [-0.3, -0.25) is 0 Å². The lowest BCUT2D eigenvalue weighted by Crippen LogP contribution is -2.27. The van der Waals surface area contributed by atoms with Crippen molar-refractivity contribution in [3.05, 3.63) is 29.5 Å². The van der Waals surface area contributed by atoms with E-state index in [2.05, 4.69) is 0 Å². The second-order valence-electron chi connectivity index (χ2n) is 7.09. The molecule has 2 aromatic rings. The maximum atomic E-state index is 13.5. The highest BCUT2D eigenvalue weighted by Gasteiger charge is 2.35. The van der Waals surface area contributed by atoms with Crippen molar-refractivity contribution in [2.24, 2.45) is 7.05 Å². The number of hydrogen-bond donors (Lipinski definition) is 0. The Hall–Kier alpha value is -2.71. The molecule has 1 aromatic carbocycles. The minimum atomic E-state index is -4.68. The van der Waals surface area contributed by atoms with Crippen molar-refractivity contribution in [2.45, 2.75) is 39.5 Å². The van der Waals surface area contributed by atoms with Crippen LogP contribution in [0.1, 0.15) is 43.7 Å². The molecule has 154 valence electrons. The molecule has 28 heavy (non-hydrogen) atoms. The highest BCUT2D eigenvalue weighted by molar-refractivity contribution is 5.97. The molecule has 0 N–H and O–H groups in total. The molecule has 0 radical (unpaired) electrons. The van der Waals surface area contributed by atoms with Crippen molar-refractivity contribution in [3.63, 3.8) is 0 Å². The number of carbonyl (C=O) groups excluding carboxylic acids is 2. The van der Waals surface area contributed by atoms with Gasteiger partial charge >= 0.3 is 18.1 Å². The molecule has 1 heterocycles. The number of nitrogens with zero attached hydrogens (tertiary/aromatic N) is 1. The summed E-state index contributed by atoms with van der Waals surface area (Å²) in [7, 11) is 1.45. The third-order valence-corrected chi connectivity index (χ3v) is 3.70. The number of fused-ring (bicyclic) bond motifs is 1. The zero-order chi connectivity index (χ0) is 21.3. The average molecular weight is 401 g/mol. The maximum absolute atomic E-state index is 13.5. The minimum absolute atomic E-state index is 0.0216. The first kappa shape index (κ1) is 21.6. The van der Waals surface area contributed by atoms with Crippen LogP contribution < -0.4 is 4.74 Å². The normalized spacial score (nSPS) is 12.1. The van der Waals surface area contributed by atoms with Gasteiger partial charge in [0.15, 0.2) is 6.61 Å². The third kappa shape index (κ3) is 4.96. The van der Waals surface area contributed by atoms with Gasteiger partial charge in [0.05, 0.1) is 17.7 Å². The van der Waals surface area contributed by atoms with Gasteiger partial charge in [-0.15, -0.1) is 0 Å². The predicted octanol–water partition coefficient (Wildman–Crippen LogP) is 4.09. The fourth-order valence-corrected chi connectivity index (χ4v) is 2.64. The lowest BCUT2D eigenvalue weighted by atomic mass is 10.1. The van der Waals surface area contributed by atoms with Gasteiger partial charge in [-0.05, 0) is 39.8 Å². The van der Waals surface area contributed by atoms with E-state index in [9.17, 15) is 22.8 Å². The van der Waals surface area contributed by atoms with E-state index in [0.717, 1.165) is 12.1 Å². The molecule has 9 heteroatoms. The van der Waals surface area contributed by atoms with E-state index in [1.54, 1.807) is 27.7 Å². The number of benzene rings is 1. The van der Waals surface area contributed by atoms with E-state index in [1.165, 1.54) is 17.7 Å². The van der Waals surface area contributed by atoms with Gasteiger partial charge in [-0.25, -0.2) is 9.59 Å². The number of ether oxygens (including phenoxy) is 3. The van der Waals surface area contributed by atoms with Crippen LogP contribution in [-0.4, -0.2) is 35.3 Å². The zero-order valence-electron chi connectivity index (χ0n) is 16.3. The van der Waals surface area contributed by atoms with Crippen LogP contribution in [-0.2, 0) is 27.5 Å². The fourth-order valence-electron chi connectivity index (χ4n) is 2.64. The summed E-state index contributed by atoms with van der Waals surface area (Å²) in [6.07, 6.45) is -4.68. The number of rotatable bonds is 5. The van der Waals surface area contributed by atoms with Crippen LogP contribution >= 0.6 is 0 Å². The number of aryl methyl sites for hydroxylation is 1. The summed E-state index contributed by atoms with van der Waals surface area (Å²) in [5.74, 6) is -1.60. The molecule has 0 aliphatic carbocycles. The minimum Gasteiger partial charge on any atom is -0.482 e. The molecular weight excluding hydrogens is 379 g/mol. The van der Waals surface area contributed by atoms with E-state index >= 15 is 0 Å². The molecule has 0 aliphatic heterocycles. The molecule has 0 unspecified atom stereocenters. The molecule has 0 fully saturated rings. The van der Waals surface area contributed by atoms with Crippen molar-refractivity contribution < 1.29 is 37.0 Å². The smallest absolute Gasteiger partial charge is 0.417 e. The summed E-state index contributed by atoms with van der Waals surface area (Å²) >= 11 is 0. The molecule has 0 amide bonds. The molecule has 0 saturated carbocycles.